The number of rotatable bonds is 1. The molecule has 2 aromatic carbocycles. The van der Waals surface area contributed by atoms with Gasteiger partial charge in [-0.25, -0.2) is 0 Å². The molecule has 0 aromatic heterocycles. The van der Waals surface area contributed by atoms with Gasteiger partial charge in [0.1, 0.15) is 0 Å². The molecule has 0 bridgehead atoms. The van der Waals surface area contributed by atoms with E-state index >= 15 is 0 Å². The third-order valence-electron chi connectivity index (χ3n) is 5.22. The van der Waals surface area contributed by atoms with Gasteiger partial charge >= 0.3 is 0 Å². The molecule has 0 amide bonds. The smallest absolute Gasteiger partial charge is 0.0459 e. The summed E-state index contributed by atoms with van der Waals surface area (Å²) in [7, 11) is 0. The number of fused-ring (bicyclic) bond motifs is 4. The number of hydrogen-bond donors (Lipinski definition) is 1. The molecule has 0 fully saturated rings. The topological polar surface area (TPSA) is 12.0 Å². The summed E-state index contributed by atoms with van der Waals surface area (Å²) in [4.78, 5) is 0. The fourth-order valence-electron chi connectivity index (χ4n) is 4.04. The summed E-state index contributed by atoms with van der Waals surface area (Å²) >= 11 is 0. The minimum atomic E-state index is 1.01. The van der Waals surface area contributed by atoms with Gasteiger partial charge in [-0.05, 0) is 57.0 Å². The molecule has 0 saturated heterocycles. The quantitative estimate of drug-likeness (QED) is 0.851. The molecule has 1 nitrogen and oxygen atoms in total. The predicted molar refractivity (Wildman–Crippen MR) is 104 cm³/mol. The Morgan fingerprint density at radius 3 is 2.64 bits per heavy atom. The highest BCUT2D eigenvalue weighted by molar-refractivity contribution is 5.75. The van der Waals surface area contributed by atoms with Crippen LogP contribution in [0.4, 0.5) is 0 Å². The van der Waals surface area contributed by atoms with E-state index in [2.05, 4.69) is 72.1 Å². The Labute approximate surface area is 147 Å². The van der Waals surface area contributed by atoms with Gasteiger partial charge in [-0.2, -0.15) is 0 Å². The Balaban J connectivity index is 1.85. The number of benzene rings is 2. The molecular formula is C24H19N. The van der Waals surface area contributed by atoms with Crippen LogP contribution in [0, 0.1) is 10.4 Å². The van der Waals surface area contributed by atoms with E-state index in [1.54, 1.807) is 0 Å². The SMILES string of the molecule is C1=CC=C(C2=c3ccc4c(c3CC=C2)CC=c2ccccc2=4)NC=C1. The standard InChI is InChI=1S/C24H19N/c1-2-11-24(25-16-5-1)23-10-6-9-19-21-13-12-17-7-3-4-8-18(17)20(21)14-15-22(19)23/h1-8,10-12,14-16,25H,9,13H2. The van der Waals surface area contributed by atoms with Crippen LogP contribution in [0.25, 0.3) is 11.6 Å². The molecule has 1 aliphatic heterocycles. The van der Waals surface area contributed by atoms with Crippen LogP contribution in [0.15, 0.2) is 84.8 Å². The first kappa shape index (κ1) is 14.3. The van der Waals surface area contributed by atoms with E-state index in [-0.39, 0.29) is 0 Å². The highest BCUT2D eigenvalue weighted by Crippen LogP contribution is 2.20. The van der Waals surface area contributed by atoms with Crippen molar-refractivity contribution in [1.29, 1.82) is 0 Å². The largest absolute Gasteiger partial charge is 0.361 e. The highest BCUT2D eigenvalue weighted by Gasteiger charge is 2.14. The lowest BCUT2D eigenvalue weighted by molar-refractivity contribution is 1.08. The molecule has 25 heavy (non-hydrogen) atoms. The zero-order chi connectivity index (χ0) is 16.6. The summed E-state index contributed by atoms with van der Waals surface area (Å²) in [5.74, 6) is 0. The Morgan fingerprint density at radius 1 is 0.760 bits per heavy atom. The van der Waals surface area contributed by atoms with Crippen molar-refractivity contribution in [1.82, 2.24) is 5.32 Å². The van der Waals surface area contributed by atoms with E-state index in [0.717, 1.165) is 18.5 Å². The van der Waals surface area contributed by atoms with Crippen LogP contribution in [0.3, 0.4) is 0 Å². The second-order valence-electron chi connectivity index (χ2n) is 6.60. The van der Waals surface area contributed by atoms with Crippen LogP contribution in [-0.2, 0) is 12.8 Å². The Hall–Kier alpha value is -3.06. The van der Waals surface area contributed by atoms with Gasteiger partial charge in [0, 0.05) is 17.5 Å². The molecule has 0 saturated carbocycles. The van der Waals surface area contributed by atoms with Crippen LogP contribution in [0.1, 0.15) is 11.1 Å². The maximum absolute atomic E-state index is 3.41. The molecule has 2 aliphatic carbocycles. The van der Waals surface area contributed by atoms with Crippen LogP contribution >= 0.6 is 0 Å². The van der Waals surface area contributed by atoms with Gasteiger partial charge in [-0.3, -0.25) is 0 Å². The Bertz CT molecular complexity index is 1200. The van der Waals surface area contributed by atoms with Crippen molar-refractivity contribution >= 4 is 11.6 Å². The lowest BCUT2D eigenvalue weighted by Crippen LogP contribution is -2.23. The first-order valence-electron chi connectivity index (χ1n) is 8.83. The number of allylic oxidation sites excluding steroid dienone is 6. The molecule has 0 radical (unpaired) electrons. The van der Waals surface area contributed by atoms with Crippen molar-refractivity contribution in [3.63, 3.8) is 0 Å². The summed E-state index contributed by atoms with van der Waals surface area (Å²) in [6.45, 7) is 0. The van der Waals surface area contributed by atoms with Gasteiger partial charge in [0.2, 0.25) is 0 Å². The van der Waals surface area contributed by atoms with Gasteiger partial charge in [0.25, 0.3) is 0 Å². The predicted octanol–water partition coefficient (Wildman–Crippen LogP) is 3.13. The van der Waals surface area contributed by atoms with E-state index in [9.17, 15) is 0 Å². The number of hydrogen-bond acceptors (Lipinski definition) is 1. The maximum atomic E-state index is 3.41. The van der Waals surface area contributed by atoms with Crippen LogP contribution in [0.2, 0.25) is 0 Å². The molecule has 0 spiro atoms. The van der Waals surface area contributed by atoms with Crippen molar-refractivity contribution < 1.29 is 0 Å². The van der Waals surface area contributed by atoms with Crippen LogP contribution in [-0.4, -0.2) is 0 Å². The van der Waals surface area contributed by atoms with Crippen molar-refractivity contribution in [2.24, 2.45) is 0 Å². The van der Waals surface area contributed by atoms with E-state index in [1.165, 1.54) is 37.6 Å². The molecule has 2 aromatic rings. The van der Waals surface area contributed by atoms with Crippen molar-refractivity contribution in [2.45, 2.75) is 12.8 Å². The molecular weight excluding hydrogens is 302 g/mol. The zero-order valence-electron chi connectivity index (χ0n) is 14.0. The average Bonchev–Trinajstić information content (AvgIpc) is 2.96. The number of nitrogens with one attached hydrogen (secondary N) is 1. The maximum Gasteiger partial charge on any atom is 0.0459 e. The van der Waals surface area contributed by atoms with Crippen molar-refractivity contribution in [2.75, 3.05) is 0 Å². The average molecular weight is 321 g/mol. The summed E-state index contributed by atoms with van der Waals surface area (Å²) in [5.41, 5.74) is 5.39. The third-order valence-corrected chi connectivity index (χ3v) is 5.22. The van der Waals surface area contributed by atoms with Gasteiger partial charge in [0.15, 0.2) is 0 Å². The molecule has 3 aliphatic rings. The molecule has 1 heteroatoms. The molecule has 120 valence electrons. The summed E-state index contributed by atoms with van der Waals surface area (Å²) < 4.78 is 0. The first-order valence-corrected chi connectivity index (χ1v) is 8.83. The van der Waals surface area contributed by atoms with Crippen molar-refractivity contribution in [3.05, 3.63) is 117 Å². The molecule has 1 heterocycles. The second-order valence-corrected chi connectivity index (χ2v) is 6.60. The van der Waals surface area contributed by atoms with Gasteiger partial charge in [-0.1, -0.05) is 66.8 Å². The summed E-state index contributed by atoms with van der Waals surface area (Å²) in [5, 5.41) is 8.88. The summed E-state index contributed by atoms with van der Waals surface area (Å²) in [6, 6.07) is 13.3. The van der Waals surface area contributed by atoms with E-state index < -0.39 is 0 Å². The Morgan fingerprint density at radius 2 is 1.64 bits per heavy atom. The monoisotopic (exact) mass is 321 g/mol. The van der Waals surface area contributed by atoms with Gasteiger partial charge < -0.3 is 5.32 Å². The van der Waals surface area contributed by atoms with Crippen molar-refractivity contribution in [3.8, 4) is 0 Å². The fraction of sp³-hybridized carbons (Fsp3) is 0.0833. The van der Waals surface area contributed by atoms with Crippen LogP contribution in [0.5, 0.6) is 0 Å². The Kier molecular flexibility index (Phi) is 3.31. The fourth-order valence-corrected chi connectivity index (χ4v) is 4.04. The van der Waals surface area contributed by atoms with E-state index in [0.29, 0.717) is 0 Å². The van der Waals surface area contributed by atoms with Crippen LogP contribution < -0.4 is 15.8 Å². The lowest BCUT2D eigenvalue weighted by atomic mass is 9.88. The second kappa shape index (κ2) is 5.78. The molecule has 5 rings (SSSR count). The van der Waals surface area contributed by atoms with Gasteiger partial charge in [0.05, 0.1) is 0 Å². The lowest BCUT2D eigenvalue weighted by Gasteiger charge is -2.18. The first-order chi connectivity index (χ1) is 12.4. The molecule has 0 atom stereocenters. The van der Waals surface area contributed by atoms with E-state index in [4.69, 9.17) is 0 Å². The third kappa shape index (κ3) is 2.32. The molecule has 1 N–H and O–H groups in total. The highest BCUT2D eigenvalue weighted by atomic mass is 14.9. The minimum Gasteiger partial charge on any atom is -0.361 e. The minimum absolute atomic E-state index is 1.01. The summed E-state index contributed by atoms with van der Waals surface area (Å²) in [6.07, 6.45) is 19.2. The van der Waals surface area contributed by atoms with E-state index in [1.807, 2.05) is 18.4 Å². The molecule has 0 unspecified atom stereocenters. The normalized spacial score (nSPS) is 16.8. The van der Waals surface area contributed by atoms with Gasteiger partial charge in [-0.15, -0.1) is 0 Å². The zero-order valence-corrected chi connectivity index (χ0v) is 14.0.